The molecule has 1 aromatic carbocycles. The van der Waals surface area contributed by atoms with Crippen molar-refractivity contribution in [1.82, 2.24) is 5.32 Å². The maximum atomic E-state index is 6.34. The summed E-state index contributed by atoms with van der Waals surface area (Å²) < 4.78 is 0. The molecular weight excluding hydrogens is 220 g/mol. The van der Waals surface area contributed by atoms with Crippen LogP contribution in [-0.2, 0) is 0 Å². The van der Waals surface area contributed by atoms with Crippen molar-refractivity contribution in [1.29, 1.82) is 0 Å². The van der Waals surface area contributed by atoms with E-state index in [4.69, 9.17) is 11.6 Å². The number of anilines is 1. The van der Waals surface area contributed by atoms with Gasteiger partial charge in [-0.2, -0.15) is 0 Å². The highest BCUT2D eigenvalue weighted by Gasteiger charge is 2.21. The predicted molar refractivity (Wildman–Crippen MR) is 70.4 cm³/mol. The van der Waals surface area contributed by atoms with Gasteiger partial charge in [-0.05, 0) is 31.5 Å². The summed E-state index contributed by atoms with van der Waals surface area (Å²) in [6, 6.07) is 6.56. The van der Waals surface area contributed by atoms with Crippen molar-refractivity contribution in [2.75, 3.05) is 25.5 Å². The first-order chi connectivity index (χ1) is 7.70. The van der Waals surface area contributed by atoms with E-state index in [1.165, 1.54) is 30.5 Å². The Kier molecular flexibility index (Phi) is 3.72. The van der Waals surface area contributed by atoms with Gasteiger partial charge in [0.15, 0.2) is 0 Å². The van der Waals surface area contributed by atoms with E-state index in [0.717, 1.165) is 11.6 Å². The molecule has 1 heterocycles. The van der Waals surface area contributed by atoms with Gasteiger partial charge in [0, 0.05) is 36.4 Å². The first-order valence-corrected chi connectivity index (χ1v) is 6.27. The van der Waals surface area contributed by atoms with Gasteiger partial charge in [-0.3, -0.25) is 0 Å². The Balaban J connectivity index is 2.36. The van der Waals surface area contributed by atoms with E-state index in [1.807, 2.05) is 12.1 Å². The van der Waals surface area contributed by atoms with E-state index in [0.29, 0.717) is 6.04 Å². The van der Waals surface area contributed by atoms with Crippen molar-refractivity contribution in [2.45, 2.75) is 25.3 Å². The third kappa shape index (κ3) is 2.33. The van der Waals surface area contributed by atoms with Crippen molar-refractivity contribution in [3.05, 3.63) is 28.8 Å². The van der Waals surface area contributed by atoms with Gasteiger partial charge in [-0.25, -0.2) is 0 Å². The number of rotatable bonds is 2. The maximum absolute atomic E-state index is 6.34. The largest absolute Gasteiger partial charge is 0.377 e. The lowest BCUT2D eigenvalue weighted by molar-refractivity contribution is 0.412. The van der Waals surface area contributed by atoms with Gasteiger partial charge in [0.25, 0.3) is 0 Å². The van der Waals surface area contributed by atoms with Crippen LogP contribution < -0.4 is 10.2 Å². The summed E-state index contributed by atoms with van der Waals surface area (Å²) in [4.78, 5) is 2.14. The third-order valence-electron chi connectivity index (χ3n) is 3.17. The van der Waals surface area contributed by atoms with Crippen molar-refractivity contribution < 1.29 is 0 Å². The SMILES string of the molecule is CN(C)c1cccc(Cl)c1C1CCCCN1. The zero-order valence-corrected chi connectivity index (χ0v) is 10.7. The molecule has 1 aliphatic rings. The number of halogens is 1. The molecule has 3 heteroatoms. The molecule has 1 N–H and O–H groups in total. The van der Waals surface area contributed by atoms with E-state index in [9.17, 15) is 0 Å². The number of nitrogens with one attached hydrogen (secondary N) is 1. The lowest BCUT2D eigenvalue weighted by Gasteiger charge is -2.29. The second-order valence-corrected chi connectivity index (χ2v) is 4.98. The first-order valence-electron chi connectivity index (χ1n) is 5.89. The first kappa shape index (κ1) is 11.7. The molecule has 1 atom stereocenters. The molecule has 1 saturated heterocycles. The topological polar surface area (TPSA) is 15.3 Å². The van der Waals surface area contributed by atoms with Gasteiger partial charge in [-0.1, -0.05) is 24.1 Å². The Morgan fingerprint density at radius 1 is 1.31 bits per heavy atom. The fourth-order valence-corrected chi connectivity index (χ4v) is 2.66. The molecule has 1 fully saturated rings. The summed E-state index contributed by atoms with van der Waals surface area (Å²) in [5.41, 5.74) is 2.49. The van der Waals surface area contributed by atoms with Gasteiger partial charge in [-0.15, -0.1) is 0 Å². The molecule has 88 valence electrons. The Morgan fingerprint density at radius 3 is 2.75 bits per heavy atom. The average molecular weight is 239 g/mol. The summed E-state index contributed by atoms with van der Waals surface area (Å²) in [5, 5.41) is 4.44. The zero-order chi connectivity index (χ0) is 11.5. The molecule has 1 unspecified atom stereocenters. The highest BCUT2D eigenvalue weighted by Crippen LogP contribution is 2.35. The van der Waals surface area contributed by atoms with Crippen LogP contribution in [0.3, 0.4) is 0 Å². The van der Waals surface area contributed by atoms with Crippen molar-refractivity contribution in [3.8, 4) is 0 Å². The summed E-state index contributed by atoms with van der Waals surface area (Å²) in [5.74, 6) is 0. The highest BCUT2D eigenvalue weighted by molar-refractivity contribution is 6.31. The van der Waals surface area contributed by atoms with Crippen LogP contribution in [-0.4, -0.2) is 20.6 Å². The zero-order valence-electron chi connectivity index (χ0n) is 9.96. The molecule has 0 amide bonds. The van der Waals surface area contributed by atoms with Crippen LogP contribution in [0.1, 0.15) is 30.9 Å². The summed E-state index contributed by atoms with van der Waals surface area (Å²) in [6.07, 6.45) is 3.75. The molecule has 2 rings (SSSR count). The Bertz CT molecular complexity index is 357. The number of hydrogen-bond acceptors (Lipinski definition) is 2. The summed E-state index contributed by atoms with van der Waals surface area (Å²) in [7, 11) is 4.13. The normalized spacial score (nSPS) is 20.8. The molecule has 1 aromatic rings. The van der Waals surface area contributed by atoms with Crippen LogP contribution in [0.2, 0.25) is 5.02 Å². The highest BCUT2D eigenvalue weighted by atomic mass is 35.5. The monoisotopic (exact) mass is 238 g/mol. The molecule has 0 spiro atoms. The van der Waals surface area contributed by atoms with Crippen molar-refractivity contribution in [3.63, 3.8) is 0 Å². The number of piperidine rings is 1. The molecule has 0 bridgehead atoms. The molecule has 0 aliphatic carbocycles. The second kappa shape index (κ2) is 5.07. The molecule has 2 nitrogen and oxygen atoms in total. The van der Waals surface area contributed by atoms with E-state index < -0.39 is 0 Å². The molecule has 0 radical (unpaired) electrons. The lowest BCUT2D eigenvalue weighted by Crippen LogP contribution is -2.28. The lowest BCUT2D eigenvalue weighted by atomic mass is 9.96. The fraction of sp³-hybridized carbons (Fsp3) is 0.538. The van der Waals surface area contributed by atoms with Crippen LogP contribution >= 0.6 is 11.6 Å². The van der Waals surface area contributed by atoms with Crippen molar-refractivity contribution >= 4 is 17.3 Å². The second-order valence-electron chi connectivity index (χ2n) is 4.57. The van der Waals surface area contributed by atoms with Crippen LogP contribution in [0.25, 0.3) is 0 Å². The van der Waals surface area contributed by atoms with Crippen molar-refractivity contribution in [2.24, 2.45) is 0 Å². The summed E-state index contributed by atoms with van der Waals surface area (Å²) >= 11 is 6.34. The molecule has 0 aromatic heterocycles. The standard InChI is InChI=1S/C13H19ClN2/c1-16(2)12-8-5-6-10(14)13(12)11-7-3-4-9-15-11/h5-6,8,11,15H,3-4,7,9H2,1-2H3. The smallest absolute Gasteiger partial charge is 0.0474 e. The number of nitrogens with zero attached hydrogens (tertiary/aromatic N) is 1. The Morgan fingerprint density at radius 2 is 2.12 bits per heavy atom. The third-order valence-corrected chi connectivity index (χ3v) is 3.50. The minimum Gasteiger partial charge on any atom is -0.377 e. The van der Waals surface area contributed by atoms with Crippen LogP contribution in [0.4, 0.5) is 5.69 Å². The molecule has 0 saturated carbocycles. The Labute approximate surface area is 103 Å². The quantitative estimate of drug-likeness (QED) is 0.851. The Hall–Kier alpha value is -0.730. The molecule has 16 heavy (non-hydrogen) atoms. The predicted octanol–water partition coefficient (Wildman–Crippen LogP) is 3.22. The fourth-order valence-electron chi connectivity index (χ4n) is 2.36. The number of hydrogen-bond donors (Lipinski definition) is 1. The van der Waals surface area contributed by atoms with Gasteiger partial charge >= 0.3 is 0 Å². The van der Waals surface area contributed by atoms with Crippen LogP contribution in [0, 0.1) is 0 Å². The van der Waals surface area contributed by atoms with Crippen LogP contribution in [0.5, 0.6) is 0 Å². The van der Waals surface area contributed by atoms with E-state index in [-0.39, 0.29) is 0 Å². The van der Waals surface area contributed by atoms with E-state index in [1.54, 1.807) is 0 Å². The van der Waals surface area contributed by atoms with Crippen LogP contribution in [0.15, 0.2) is 18.2 Å². The van der Waals surface area contributed by atoms with Gasteiger partial charge in [0.05, 0.1) is 0 Å². The molecular formula is C13H19ClN2. The average Bonchev–Trinajstić information content (AvgIpc) is 2.29. The maximum Gasteiger partial charge on any atom is 0.0474 e. The van der Waals surface area contributed by atoms with Gasteiger partial charge < -0.3 is 10.2 Å². The summed E-state index contributed by atoms with van der Waals surface area (Å²) in [6.45, 7) is 1.10. The number of benzene rings is 1. The minimum absolute atomic E-state index is 0.417. The van der Waals surface area contributed by atoms with E-state index in [2.05, 4.69) is 30.4 Å². The van der Waals surface area contributed by atoms with E-state index >= 15 is 0 Å². The molecule has 1 aliphatic heterocycles. The minimum atomic E-state index is 0.417. The van der Waals surface area contributed by atoms with Gasteiger partial charge in [0.1, 0.15) is 0 Å². The van der Waals surface area contributed by atoms with Gasteiger partial charge in [0.2, 0.25) is 0 Å².